The van der Waals surface area contributed by atoms with Gasteiger partial charge in [0.15, 0.2) is 0 Å². The lowest BCUT2D eigenvalue weighted by atomic mass is 10.1. The quantitative estimate of drug-likeness (QED) is 0.597. The van der Waals surface area contributed by atoms with Crippen LogP contribution in [0.3, 0.4) is 0 Å². The maximum absolute atomic E-state index is 8.56. The van der Waals surface area contributed by atoms with Crippen molar-refractivity contribution in [2.45, 2.75) is 38.3 Å². The molecule has 0 bridgehead atoms. The van der Waals surface area contributed by atoms with Crippen LogP contribution in [-0.2, 0) is 0 Å². The zero-order valence-electron chi connectivity index (χ0n) is 5.94. The van der Waals surface area contributed by atoms with Gasteiger partial charge in [0.05, 0.1) is 6.07 Å². The van der Waals surface area contributed by atoms with Crippen molar-refractivity contribution in [2.24, 2.45) is 0 Å². The third-order valence-electron chi connectivity index (χ3n) is 1.42. The third-order valence-corrected chi connectivity index (χ3v) is 1.42. The van der Waals surface area contributed by atoms with E-state index in [2.05, 4.69) is 11.4 Å². The average Bonchev–Trinajstić information content (AvgIpc) is 2.50. The summed E-state index contributed by atoms with van der Waals surface area (Å²) in [7, 11) is 0. The first kappa shape index (κ1) is 6.57. The monoisotopic (exact) mass is 124 g/mol. The van der Waals surface area contributed by atoms with Crippen LogP contribution in [0, 0.1) is 11.3 Å². The molecular formula is C7H12N2. The van der Waals surface area contributed by atoms with Gasteiger partial charge in [-0.15, -0.1) is 0 Å². The molecule has 1 saturated carbocycles. The number of nitrogens with one attached hydrogen (secondary N) is 1. The highest BCUT2D eigenvalue weighted by Gasteiger charge is 2.28. The van der Waals surface area contributed by atoms with Crippen LogP contribution < -0.4 is 5.32 Å². The molecule has 0 atom stereocenters. The number of hydrogen-bond donors (Lipinski definition) is 1. The van der Waals surface area contributed by atoms with Gasteiger partial charge in [0.1, 0.15) is 5.54 Å². The van der Waals surface area contributed by atoms with E-state index < -0.39 is 0 Å². The van der Waals surface area contributed by atoms with Crippen LogP contribution in [0.1, 0.15) is 26.7 Å². The lowest BCUT2D eigenvalue weighted by Crippen LogP contribution is -2.38. The Kier molecular flexibility index (Phi) is 1.46. The first-order valence-electron chi connectivity index (χ1n) is 3.33. The van der Waals surface area contributed by atoms with E-state index in [-0.39, 0.29) is 5.54 Å². The van der Waals surface area contributed by atoms with Crippen molar-refractivity contribution in [3.05, 3.63) is 0 Å². The minimum Gasteiger partial charge on any atom is -0.297 e. The number of rotatable bonds is 2. The molecule has 0 unspecified atom stereocenters. The van der Waals surface area contributed by atoms with Crippen LogP contribution >= 0.6 is 0 Å². The fourth-order valence-corrected chi connectivity index (χ4v) is 0.770. The Bertz CT molecular complexity index is 139. The molecule has 0 aliphatic heterocycles. The Morgan fingerprint density at radius 1 is 1.56 bits per heavy atom. The molecule has 9 heavy (non-hydrogen) atoms. The molecule has 1 fully saturated rings. The summed E-state index contributed by atoms with van der Waals surface area (Å²) < 4.78 is 0. The van der Waals surface area contributed by atoms with Gasteiger partial charge >= 0.3 is 0 Å². The van der Waals surface area contributed by atoms with E-state index in [0.717, 1.165) is 0 Å². The molecule has 0 amide bonds. The van der Waals surface area contributed by atoms with Crippen molar-refractivity contribution >= 4 is 0 Å². The lowest BCUT2D eigenvalue weighted by Gasteiger charge is -2.15. The molecule has 1 rings (SSSR count). The highest BCUT2D eigenvalue weighted by atomic mass is 15.0. The van der Waals surface area contributed by atoms with Gasteiger partial charge in [-0.05, 0) is 26.7 Å². The summed E-state index contributed by atoms with van der Waals surface area (Å²) in [6, 6.07) is 2.83. The van der Waals surface area contributed by atoms with E-state index in [1.807, 2.05) is 13.8 Å². The normalized spacial score (nSPS) is 19.2. The predicted molar refractivity (Wildman–Crippen MR) is 35.8 cm³/mol. The SMILES string of the molecule is CC(C)(C#N)NC1CC1. The van der Waals surface area contributed by atoms with Crippen LogP contribution in [0.4, 0.5) is 0 Å². The molecule has 50 valence electrons. The van der Waals surface area contributed by atoms with Crippen molar-refractivity contribution in [2.75, 3.05) is 0 Å². The topological polar surface area (TPSA) is 35.8 Å². The molecule has 0 aromatic rings. The van der Waals surface area contributed by atoms with E-state index >= 15 is 0 Å². The van der Waals surface area contributed by atoms with Crippen LogP contribution in [0.5, 0.6) is 0 Å². The second-order valence-corrected chi connectivity index (χ2v) is 3.16. The van der Waals surface area contributed by atoms with Gasteiger partial charge in [0.2, 0.25) is 0 Å². The van der Waals surface area contributed by atoms with Gasteiger partial charge in [0.25, 0.3) is 0 Å². The molecule has 0 aromatic carbocycles. The molecule has 1 aliphatic rings. The Balaban J connectivity index is 2.32. The van der Waals surface area contributed by atoms with E-state index in [9.17, 15) is 0 Å². The number of hydrogen-bond acceptors (Lipinski definition) is 2. The molecule has 0 radical (unpaired) electrons. The molecule has 0 aromatic heterocycles. The van der Waals surface area contributed by atoms with Gasteiger partial charge in [-0.2, -0.15) is 5.26 Å². The minimum atomic E-state index is -0.318. The predicted octanol–water partition coefficient (Wildman–Crippen LogP) is 1.04. The highest BCUT2D eigenvalue weighted by molar-refractivity contribution is 5.03. The molecule has 0 spiro atoms. The third kappa shape index (κ3) is 2.03. The van der Waals surface area contributed by atoms with Crippen LogP contribution in [0.25, 0.3) is 0 Å². The molecule has 0 saturated heterocycles. The molecule has 2 heteroatoms. The van der Waals surface area contributed by atoms with Crippen molar-refractivity contribution in [3.63, 3.8) is 0 Å². The summed E-state index contributed by atoms with van der Waals surface area (Å²) in [4.78, 5) is 0. The first-order chi connectivity index (χ1) is 4.14. The minimum absolute atomic E-state index is 0.318. The van der Waals surface area contributed by atoms with Gasteiger partial charge in [-0.3, -0.25) is 5.32 Å². The van der Waals surface area contributed by atoms with Crippen molar-refractivity contribution in [1.82, 2.24) is 5.32 Å². The zero-order valence-corrected chi connectivity index (χ0v) is 5.94. The fraction of sp³-hybridized carbons (Fsp3) is 0.857. The number of nitriles is 1. The van der Waals surface area contributed by atoms with Crippen molar-refractivity contribution in [1.29, 1.82) is 5.26 Å². The summed E-state index contributed by atoms with van der Waals surface area (Å²) >= 11 is 0. The first-order valence-corrected chi connectivity index (χ1v) is 3.33. The summed E-state index contributed by atoms with van der Waals surface area (Å²) in [5, 5.41) is 11.8. The van der Waals surface area contributed by atoms with Crippen LogP contribution in [-0.4, -0.2) is 11.6 Å². The fourth-order valence-electron chi connectivity index (χ4n) is 0.770. The molecule has 2 nitrogen and oxygen atoms in total. The van der Waals surface area contributed by atoms with Gasteiger partial charge in [-0.25, -0.2) is 0 Å². The van der Waals surface area contributed by atoms with Crippen LogP contribution in [0.2, 0.25) is 0 Å². The van der Waals surface area contributed by atoms with Gasteiger partial charge in [-0.1, -0.05) is 0 Å². The Morgan fingerprint density at radius 2 is 2.11 bits per heavy atom. The second kappa shape index (κ2) is 2.00. The zero-order chi connectivity index (χ0) is 6.91. The van der Waals surface area contributed by atoms with Crippen molar-refractivity contribution < 1.29 is 0 Å². The van der Waals surface area contributed by atoms with E-state index in [0.29, 0.717) is 6.04 Å². The Labute approximate surface area is 55.9 Å². The maximum atomic E-state index is 8.56. The maximum Gasteiger partial charge on any atom is 0.101 e. The molecule has 1 N–H and O–H groups in total. The van der Waals surface area contributed by atoms with E-state index in [1.54, 1.807) is 0 Å². The largest absolute Gasteiger partial charge is 0.297 e. The van der Waals surface area contributed by atoms with E-state index in [4.69, 9.17) is 5.26 Å². The van der Waals surface area contributed by atoms with E-state index in [1.165, 1.54) is 12.8 Å². The standard InChI is InChI=1S/C7H12N2/c1-7(2,5-8)9-6-3-4-6/h6,9H,3-4H2,1-2H3. The Hall–Kier alpha value is -0.550. The Morgan fingerprint density at radius 3 is 2.44 bits per heavy atom. The highest BCUT2D eigenvalue weighted by Crippen LogP contribution is 2.21. The average molecular weight is 124 g/mol. The number of nitrogens with zero attached hydrogens (tertiary/aromatic N) is 1. The summed E-state index contributed by atoms with van der Waals surface area (Å²) in [5.41, 5.74) is -0.318. The summed E-state index contributed by atoms with van der Waals surface area (Å²) in [6.07, 6.45) is 2.48. The molecule has 1 aliphatic carbocycles. The van der Waals surface area contributed by atoms with Crippen molar-refractivity contribution in [3.8, 4) is 6.07 Å². The van der Waals surface area contributed by atoms with Gasteiger partial charge in [0, 0.05) is 6.04 Å². The molecule has 0 heterocycles. The second-order valence-electron chi connectivity index (χ2n) is 3.16. The van der Waals surface area contributed by atoms with Gasteiger partial charge < -0.3 is 0 Å². The summed E-state index contributed by atoms with van der Waals surface area (Å²) in [6.45, 7) is 3.82. The smallest absolute Gasteiger partial charge is 0.101 e. The van der Waals surface area contributed by atoms with Crippen LogP contribution in [0.15, 0.2) is 0 Å². The lowest BCUT2D eigenvalue weighted by molar-refractivity contribution is 0.483. The molecular weight excluding hydrogens is 112 g/mol. The summed E-state index contributed by atoms with van der Waals surface area (Å²) in [5.74, 6) is 0.